The number of allylic oxidation sites excluding steroid dienone is 2. The molecule has 1 aliphatic rings. The maximum absolute atomic E-state index is 5.70. The number of hydrogen-bond acceptors (Lipinski definition) is 1. The average Bonchev–Trinajstić information content (AvgIpc) is 2.78. The Morgan fingerprint density at radius 1 is 0.931 bits per heavy atom. The molecule has 0 radical (unpaired) electrons. The fraction of sp³-hybridized carbons (Fsp3) is 0.429. The lowest BCUT2D eigenvalue weighted by atomic mass is 9.78. The largest absolute Gasteiger partial charge is 0.494 e. The topological polar surface area (TPSA) is 9.23 Å². The molecule has 3 rings (SSSR count). The van der Waals surface area contributed by atoms with Crippen molar-refractivity contribution in [3.63, 3.8) is 0 Å². The molecule has 0 bridgehead atoms. The molecule has 1 nitrogen and oxygen atoms in total. The lowest BCUT2D eigenvalue weighted by Crippen LogP contribution is -2.11. The van der Waals surface area contributed by atoms with Crippen LogP contribution < -0.4 is 4.74 Å². The molecule has 1 fully saturated rings. The summed E-state index contributed by atoms with van der Waals surface area (Å²) in [6.07, 6.45) is 12.8. The fourth-order valence-electron chi connectivity index (χ4n) is 3.95. The van der Waals surface area contributed by atoms with Crippen molar-refractivity contribution >= 4 is 0 Å². The third-order valence-corrected chi connectivity index (χ3v) is 5.92. The van der Waals surface area contributed by atoms with Crippen LogP contribution in [0.1, 0.15) is 75.0 Å². The molecule has 0 aliphatic heterocycles. The zero-order valence-corrected chi connectivity index (χ0v) is 18.0. The predicted octanol–water partition coefficient (Wildman–Crippen LogP) is 7.31. The number of rotatable bonds is 7. The molecule has 0 amide bonds. The monoisotopic (exact) mass is 386 g/mol. The third kappa shape index (κ3) is 6.82. The molecule has 1 heteroatoms. The van der Waals surface area contributed by atoms with Gasteiger partial charge in [-0.2, -0.15) is 0 Å². The zero-order valence-electron chi connectivity index (χ0n) is 18.0. The van der Waals surface area contributed by atoms with E-state index in [0.717, 1.165) is 43.1 Å². The highest BCUT2D eigenvalue weighted by molar-refractivity contribution is 5.40. The van der Waals surface area contributed by atoms with Gasteiger partial charge >= 0.3 is 0 Å². The van der Waals surface area contributed by atoms with Gasteiger partial charge in [0.05, 0.1) is 6.61 Å². The van der Waals surface area contributed by atoms with Crippen LogP contribution in [0.5, 0.6) is 5.75 Å². The summed E-state index contributed by atoms with van der Waals surface area (Å²) in [4.78, 5) is 0. The zero-order chi connectivity index (χ0) is 20.3. The number of benzene rings is 2. The Morgan fingerprint density at radius 2 is 1.66 bits per heavy atom. The van der Waals surface area contributed by atoms with Gasteiger partial charge in [0.2, 0.25) is 0 Å². The van der Waals surface area contributed by atoms with Gasteiger partial charge in [-0.15, -0.1) is 0 Å². The highest BCUT2D eigenvalue weighted by atomic mass is 16.5. The van der Waals surface area contributed by atoms with Crippen molar-refractivity contribution in [2.24, 2.45) is 5.92 Å². The van der Waals surface area contributed by atoms with Crippen LogP contribution in [-0.4, -0.2) is 6.61 Å². The second-order valence-electron chi connectivity index (χ2n) is 8.06. The summed E-state index contributed by atoms with van der Waals surface area (Å²) >= 11 is 0. The van der Waals surface area contributed by atoms with Gasteiger partial charge in [0.25, 0.3) is 0 Å². The van der Waals surface area contributed by atoms with E-state index in [-0.39, 0.29) is 0 Å². The van der Waals surface area contributed by atoms with E-state index in [0.29, 0.717) is 5.92 Å². The van der Waals surface area contributed by atoms with Crippen LogP contribution in [-0.2, 0) is 6.42 Å². The quantitative estimate of drug-likeness (QED) is 0.358. The summed E-state index contributed by atoms with van der Waals surface area (Å²) in [6.45, 7) is 5.18. The third-order valence-electron chi connectivity index (χ3n) is 5.92. The van der Waals surface area contributed by atoms with Gasteiger partial charge in [-0.25, -0.2) is 0 Å². The van der Waals surface area contributed by atoms with Crippen molar-refractivity contribution in [1.82, 2.24) is 0 Å². The van der Waals surface area contributed by atoms with Crippen molar-refractivity contribution in [3.8, 4) is 17.6 Å². The van der Waals surface area contributed by atoms with Gasteiger partial charge in [0, 0.05) is 5.56 Å². The van der Waals surface area contributed by atoms with Crippen LogP contribution in [0.4, 0.5) is 0 Å². The van der Waals surface area contributed by atoms with Crippen LogP contribution in [0.2, 0.25) is 0 Å². The van der Waals surface area contributed by atoms with E-state index in [9.17, 15) is 0 Å². The van der Waals surface area contributed by atoms with Crippen LogP contribution in [0, 0.1) is 17.8 Å². The fourth-order valence-corrected chi connectivity index (χ4v) is 3.95. The van der Waals surface area contributed by atoms with E-state index in [2.05, 4.69) is 56.0 Å². The summed E-state index contributed by atoms with van der Waals surface area (Å²) < 4.78 is 5.70. The first-order chi connectivity index (χ1) is 14.3. The molecule has 2 aromatic rings. The first-order valence-electron chi connectivity index (χ1n) is 11.3. The van der Waals surface area contributed by atoms with E-state index >= 15 is 0 Å². The lowest BCUT2D eigenvalue weighted by molar-refractivity contribution is 0.309. The molecule has 29 heavy (non-hydrogen) atoms. The molecule has 0 aromatic heterocycles. The van der Waals surface area contributed by atoms with Gasteiger partial charge in [0.15, 0.2) is 0 Å². The maximum atomic E-state index is 5.70. The number of aryl methyl sites for hydroxylation is 1. The summed E-state index contributed by atoms with van der Waals surface area (Å²) in [6, 6.07) is 17.4. The summed E-state index contributed by atoms with van der Waals surface area (Å²) in [5, 5.41) is 0. The predicted molar refractivity (Wildman–Crippen MR) is 123 cm³/mol. The van der Waals surface area contributed by atoms with Gasteiger partial charge in [-0.3, -0.25) is 0 Å². The molecule has 0 N–H and O–H groups in total. The Balaban J connectivity index is 1.43. The van der Waals surface area contributed by atoms with Gasteiger partial charge in [0.1, 0.15) is 5.75 Å². The Kier molecular flexibility index (Phi) is 8.44. The van der Waals surface area contributed by atoms with E-state index in [1.54, 1.807) is 0 Å². The van der Waals surface area contributed by atoms with E-state index in [1.165, 1.54) is 36.8 Å². The highest BCUT2D eigenvalue weighted by Gasteiger charge is 2.20. The average molecular weight is 387 g/mol. The second kappa shape index (κ2) is 11.5. The van der Waals surface area contributed by atoms with Crippen LogP contribution in [0.3, 0.4) is 0 Å². The van der Waals surface area contributed by atoms with E-state index in [1.807, 2.05) is 30.3 Å². The number of hydrogen-bond donors (Lipinski definition) is 0. The SMILES string of the molecule is CCCCOc1ccc(C#C/C=C/[C@H]2CC[C@H](c3ccc(CC)cc3)CC2)cc1. The standard InChI is InChI=1S/C28H34O/c1-3-5-22-29-28-20-14-25(15-21-28)9-7-6-8-24-12-18-27(19-13-24)26-16-10-23(4-2)11-17-26/h6,8,10-11,14-17,20-21,24,27H,3-5,12-13,18-19,22H2,1-2H3/b8-6+/t24-,27-. The Morgan fingerprint density at radius 3 is 2.31 bits per heavy atom. The van der Waals surface area contributed by atoms with Crippen molar-refractivity contribution in [1.29, 1.82) is 0 Å². The minimum Gasteiger partial charge on any atom is -0.494 e. The number of unbranched alkanes of at least 4 members (excludes halogenated alkanes) is 1. The molecule has 152 valence electrons. The smallest absolute Gasteiger partial charge is 0.119 e. The number of ether oxygens (including phenoxy) is 1. The van der Waals surface area contributed by atoms with Crippen molar-refractivity contribution in [2.75, 3.05) is 6.61 Å². The van der Waals surface area contributed by atoms with Crippen LogP contribution in [0.25, 0.3) is 0 Å². The van der Waals surface area contributed by atoms with Crippen LogP contribution >= 0.6 is 0 Å². The van der Waals surface area contributed by atoms with Gasteiger partial charge < -0.3 is 4.74 Å². The van der Waals surface area contributed by atoms with E-state index in [4.69, 9.17) is 4.74 Å². The molecule has 1 aliphatic carbocycles. The molecule has 0 spiro atoms. The maximum Gasteiger partial charge on any atom is 0.119 e. The van der Waals surface area contributed by atoms with Crippen molar-refractivity contribution in [2.45, 2.75) is 64.7 Å². The van der Waals surface area contributed by atoms with Gasteiger partial charge in [-0.1, -0.05) is 62.5 Å². The molecular formula is C28H34O. The minimum atomic E-state index is 0.671. The molecule has 2 aromatic carbocycles. The second-order valence-corrected chi connectivity index (χ2v) is 8.06. The normalized spacial score (nSPS) is 19.0. The van der Waals surface area contributed by atoms with Crippen LogP contribution in [0.15, 0.2) is 60.7 Å². The highest BCUT2D eigenvalue weighted by Crippen LogP contribution is 2.36. The molecule has 0 heterocycles. The Labute approximate surface area is 177 Å². The first kappa shape index (κ1) is 21.3. The first-order valence-corrected chi connectivity index (χ1v) is 11.3. The van der Waals surface area contributed by atoms with Crippen molar-refractivity contribution in [3.05, 3.63) is 77.4 Å². The molecule has 0 saturated heterocycles. The molecule has 0 unspecified atom stereocenters. The molecule has 0 atom stereocenters. The van der Waals surface area contributed by atoms with Crippen molar-refractivity contribution < 1.29 is 4.74 Å². The summed E-state index contributed by atoms with van der Waals surface area (Å²) in [7, 11) is 0. The van der Waals surface area contributed by atoms with E-state index < -0.39 is 0 Å². The molecular weight excluding hydrogens is 352 g/mol. The lowest BCUT2D eigenvalue weighted by Gasteiger charge is -2.27. The van der Waals surface area contributed by atoms with Gasteiger partial charge in [-0.05, 0) is 91.8 Å². The molecule has 1 saturated carbocycles. The summed E-state index contributed by atoms with van der Waals surface area (Å²) in [5.41, 5.74) is 3.99. The Bertz CT molecular complexity index is 809. The minimum absolute atomic E-state index is 0.671. The summed E-state index contributed by atoms with van der Waals surface area (Å²) in [5.74, 6) is 8.77. The Hall–Kier alpha value is -2.46.